The van der Waals surface area contributed by atoms with Crippen LogP contribution in [-0.4, -0.2) is 303 Å². The van der Waals surface area contributed by atoms with Crippen LogP contribution >= 0.6 is 0 Å². The molecule has 4 rings (SSSR count). The molecule has 7 amide bonds. The van der Waals surface area contributed by atoms with E-state index in [1.54, 1.807) is 45.0 Å². The van der Waals surface area contributed by atoms with Crippen LogP contribution in [0.2, 0.25) is 0 Å². The van der Waals surface area contributed by atoms with Crippen LogP contribution < -0.4 is 37.2 Å². The Morgan fingerprint density at radius 1 is 0.347 bits per heavy atom. The van der Waals surface area contributed by atoms with Gasteiger partial charge in [-0.3, -0.25) is 52.7 Å². The second-order valence-corrected chi connectivity index (χ2v) is 30.3. The van der Waals surface area contributed by atoms with Gasteiger partial charge in [-0.05, 0) is 61.8 Å². The van der Waals surface area contributed by atoms with Crippen LogP contribution in [0.3, 0.4) is 0 Å². The van der Waals surface area contributed by atoms with Gasteiger partial charge in [-0.1, -0.05) is 71.9 Å². The van der Waals surface area contributed by atoms with Crippen LogP contribution in [0.15, 0.2) is 30.3 Å². The lowest BCUT2D eigenvalue weighted by Crippen LogP contribution is -2.65. The van der Waals surface area contributed by atoms with Gasteiger partial charge in [0.15, 0.2) is 17.4 Å². The monoisotopic (exact) mass is 1690 g/mol. The van der Waals surface area contributed by atoms with Crippen molar-refractivity contribution in [2.45, 2.75) is 202 Å². The molecular formula is C81H135N7O30. The minimum absolute atomic E-state index is 0.00851. The molecule has 118 heavy (non-hydrogen) atoms. The molecule has 674 valence electrons. The Morgan fingerprint density at radius 3 is 0.941 bits per heavy atom. The molecule has 0 spiro atoms. The SMILES string of the molecule is CC(=O)NC1[C@@H](C)[C@@H](C)C(COC(C)=O)O[C@]1(C)OCCOCCOCCNC(=O)CCOCC(COCCC(=O)NCCOCCOCCO[C@@]1(C)OC(COC(C)=O)[C@H](C)[C@H](C)C1NC(C)=O)(COCCC(=O)NCCOCCOCCO[C@@]1(C)OC(COC(C)=O)[C@H](C)[C@H](C)C1NC(C)=O)NC(=O)CCC(=O)OCc1ccccc1. The van der Waals surface area contributed by atoms with Gasteiger partial charge in [0.1, 0.15) is 32.0 Å². The Bertz CT molecular complexity index is 2910. The fourth-order valence-electron chi connectivity index (χ4n) is 13.6. The highest BCUT2D eigenvalue weighted by Gasteiger charge is 2.54. The van der Waals surface area contributed by atoms with Gasteiger partial charge >= 0.3 is 23.9 Å². The molecule has 37 heteroatoms. The Kier molecular flexibility index (Phi) is 48.7. The van der Waals surface area contributed by atoms with E-state index in [-0.39, 0.29) is 288 Å². The number of amides is 7. The highest BCUT2D eigenvalue weighted by atomic mass is 16.7. The summed E-state index contributed by atoms with van der Waals surface area (Å²) in [4.78, 5) is 138. The third kappa shape index (κ3) is 40.0. The fraction of sp³-hybridized carbons (Fsp3) is 0.790. The maximum absolute atomic E-state index is 13.9. The molecular weight excluding hydrogens is 1550 g/mol. The quantitative estimate of drug-likeness (QED) is 0.0280. The smallest absolute Gasteiger partial charge is 0.306 e. The van der Waals surface area contributed by atoms with Gasteiger partial charge in [-0.15, -0.1) is 0 Å². The summed E-state index contributed by atoms with van der Waals surface area (Å²) in [6.07, 6.45) is -2.39. The molecule has 3 aliphatic rings. The van der Waals surface area contributed by atoms with E-state index in [0.29, 0.717) is 0 Å². The number of esters is 4. The molecule has 0 saturated carbocycles. The number of carbonyl (C=O) groups excluding carboxylic acids is 11. The van der Waals surface area contributed by atoms with E-state index < -0.39 is 89.1 Å². The summed E-state index contributed by atoms with van der Waals surface area (Å²) in [5.74, 6) is -8.66. The van der Waals surface area contributed by atoms with E-state index in [1.807, 2.05) is 47.6 Å². The first-order valence-electron chi connectivity index (χ1n) is 40.8. The average Bonchev–Trinajstić information content (AvgIpc) is 0.783. The Hall–Kier alpha value is -7.21. The zero-order chi connectivity index (χ0) is 87.1. The molecule has 3 saturated heterocycles. The molecule has 1 aromatic rings. The number of ether oxygens (including phenoxy) is 19. The molecule has 6 unspecified atom stereocenters. The van der Waals surface area contributed by atoms with Gasteiger partial charge in [0.2, 0.25) is 41.4 Å². The molecule has 3 aliphatic heterocycles. The van der Waals surface area contributed by atoms with Crippen molar-refractivity contribution in [3.63, 3.8) is 0 Å². The highest BCUT2D eigenvalue weighted by molar-refractivity contribution is 5.82. The standard InChI is InChI=1S/C81H135N7O30/c1-54-57(4)75(85-60(7)89)78(13,116-67(54)48-109-63(10)92)113-44-41-103-38-35-100-32-26-82-70(95)23-29-106-51-81(88-73(98)21-22-74(99)112-47-66-19-17-16-18-20-66,52-107-30-24-71(96)83-27-33-101-36-39-104-42-45-114-79(14)76(86-61(8)90)58(5)55(2)68(117-79)49-110-64(11)93)53-108-31-25-72(97)84-28-34-102-37-40-105-43-46-115-80(15)77(87-62(9)91)59(6)56(3)69(118-80)50-111-65(12)94/h16-20,54-59,67-69,75-77H,21-53H2,1-15H3,(H,82,95)(H,83,96)(H,84,97)(H,85,89)(H,86,90)(H,87,91)(H,88,98)/t54-,55-,56-,57+,58+,59+,67?,68?,69?,75?,76?,77?,78+,79+,80+,81?/m1/s1. The first kappa shape index (κ1) is 103. The molecule has 0 bridgehead atoms. The highest BCUT2D eigenvalue weighted by Crippen LogP contribution is 2.41. The molecule has 0 radical (unpaired) electrons. The summed E-state index contributed by atoms with van der Waals surface area (Å²) < 4.78 is 111. The van der Waals surface area contributed by atoms with Crippen LogP contribution in [0.25, 0.3) is 0 Å². The Morgan fingerprint density at radius 2 is 0.644 bits per heavy atom. The first-order chi connectivity index (χ1) is 56.1. The van der Waals surface area contributed by atoms with Gasteiger partial charge in [0.05, 0.1) is 182 Å². The number of hydrogen-bond acceptors (Lipinski definition) is 30. The lowest BCUT2D eigenvalue weighted by Gasteiger charge is -2.50. The summed E-state index contributed by atoms with van der Waals surface area (Å²) in [6, 6.07) is 7.52. The maximum atomic E-state index is 13.9. The van der Waals surface area contributed by atoms with Gasteiger partial charge in [0.25, 0.3) is 0 Å². The van der Waals surface area contributed by atoms with Crippen molar-refractivity contribution < 1.29 is 143 Å². The molecule has 37 nitrogen and oxygen atoms in total. The van der Waals surface area contributed by atoms with Crippen molar-refractivity contribution >= 4 is 65.2 Å². The summed E-state index contributed by atoms with van der Waals surface area (Å²) in [5, 5.41) is 20.1. The average molecular weight is 1690 g/mol. The zero-order valence-corrected chi connectivity index (χ0v) is 71.9. The normalized spacial score (nSPS) is 25.3. The molecule has 0 aromatic heterocycles. The number of nitrogens with one attached hydrogen (secondary N) is 7. The third-order valence-corrected chi connectivity index (χ3v) is 20.5. The van der Waals surface area contributed by atoms with Crippen LogP contribution in [0.5, 0.6) is 0 Å². The van der Waals surface area contributed by atoms with Crippen molar-refractivity contribution in [2.75, 3.05) is 178 Å². The number of benzene rings is 1. The second kappa shape index (κ2) is 55.7. The minimum atomic E-state index is -1.52. The lowest BCUT2D eigenvalue weighted by atomic mass is 9.78. The van der Waals surface area contributed by atoms with E-state index in [1.165, 1.54) is 41.5 Å². The number of rotatable bonds is 60. The Labute approximate surface area is 694 Å². The minimum Gasteiger partial charge on any atom is -0.463 e. The molecule has 3 fully saturated rings. The van der Waals surface area contributed by atoms with E-state index in [2.05, 4.69) is 37.2 Å². The van der Waals surface area contributed by atoms with Crippen LogP contribution in [-0.2, 0) is 149 Å². The van der Waals surface area contributed by atoms with Gasteiger partial charge < -0.3 is 127 Å². The van der Waals surface area contributed by atoms with E-state index >= 15 is 0 Å². The molecule has 7 N–H and O–H groups in total. The largest absolute Gasteiger partial charge is 0.463 e. The molecule has 3 heterocycles. The van der Waals surface area contributed by atoms with Crippen molar-refractivity contribution in [1.29, 1.82) is 0 Å². The summed E-state index contributed by atoms with van der Waals surface area (Å²) >= 11 is 0. The van der Waals surface area contributed by atoms with Gasteiger partial charge in [-0.25, -0.2) is 0 Å². The number of carbonyl (C=O) groups is 11. The predicted octanol–water partition coefficient (Wildman–Crippen LogP) is 2.45. The fourth-order valence-corrected chi connectivity index (χ4v) is 13.6. The lowest BCUT2D eigenvalue weighted by molar-refractivity contribution is -0.311. The Balaban J connectivity index is 1.30. The predicted molar refractivity (Wildman–Crippen MR) is 422 cm³/mol. The first-order valence-corrected chi connectivity index (χ1v) is 40.8. The maximum Gasteiger partial charge on any atom is 0.306 e. The van der Waals surface area contributed by atoms with Crippen LogP contribution in [0.1, 0.15) is 142 Å². The van der Waals surface area contributed by atoms with E-state index in [0.717, 1.165) is 5.56 Å². The van der Waals surface area contributed by atoms with Crippen molar-refractivity contribution in [3.05, 3.63) is 35.9 Å². The summed E-state index contributed by atoms with van der Waals surface area (Å²) in [7, 11) is 0. The third-order valence-electron chi connectivity index (χ3n) is 20.5. The van der Waals surface area contributed by atoms with Gasteiger partial charge in [0, 0.05) is 86.9 Å². The topological polar surface area (TPSA) is 447 Å². The van der Waals surface area contributed by atoms with Crippen LogP contribution in [0, 0.1) is 35.5 Å². The van der Waals surface area contributed by atoms with E-state index in [4.69, 9.17) is 90.0 Å². The van der Waals surface area contributed by atoms with Crippen molar-refractivity contribution in [2.24, 2.45) is 35.5 Å². The van der Waals surface area contributed by atoms with Crippen molar-refractivity contribution in [3.8, 4) is 0 Å². The van der Waals surface area contributed by atoms with Crippen LogP contribution in [0.4, 0.5) is 0 Å². The molecule has 0 aliphatic carbocycles. The summed E-state index contributed by atoms with van der Waals surface area (Å²) in [5.41, 5.74) is -0.766. The molecule has 1 aromatic carbocycles. The van der Waals surface area contributed by atoms with Crippen molar-refractivity contribution in [1.82, 2.24) is 37.2 Å². The summed E-state index contributed by atoms with van der Waals surface area (Å²) in [6.45, 7) is 26.9. The second-order valence-electron chi connectivity index (χ2n) is 30.3. The van der Waals surface area contributed by atoms with Gasteiger partial charge in [-0.2, -0.15) is 0 Å². The zero-order valence-electron chi connectivity index (χ0n) is 71.9. The molecule has 15 atom stereocenters. The number of hydrogen-bond donors (Lipinski definition) is 7. The van der Waals surface area contributed by atoms with E-state index in [9.17, 15) is 52.7 Å².